The number of hydrogen-bond acceptors (Lipinski definition) is 4. The number of piperidine rings is 1. The molecule has 136 valence electrons. The van der Waals surface area contributed by atoms with Crippen LogP contribution < -0.4 is 10.6 Å². The lowest BCUT2D eigenvalue weighted by Crippen LogP contribution is -2.47. The molecule has 1 unspecified atom stereocenters. The summed E-state index contributed by atoms with van der Waals surface area (Å²) in [6.07, 6.45) is 3.11. The Bertz CT molecular complexity index is 587. The van der Waals surface area contributed by atoms with Crippen LogP contribution in [0.4, 0.5) is 5.69 Å². The van der Waals surface area contributed by atoms with Gasteiger partial charge in [-0.1, -0.05) is 11.6 Å². The molecular formula is C16H24Cl2N2O3S. The zero-order valence-corrected chi connectivity index (χ0v) is 16.3. The largest absolute Gasteiger partial charge is 0.384 e. The van der Waals surface area contributed by atoms with E-state index in [-0.39, 0.29) is 18.3 Å². The minimum Gasteiger partial charge on any atom is -0.384 e. The van der Waals surface area contributed by atoms with Crippen LogP contribution in [0.15, 0.2) is 18.2 Å². The van der Waals surface area contributed by atoms with E-state index in [1.54, 1.807) is 31.6 Å². The molecule has 0 bridgehead atoms. The second kappa shape index (κ2) is 9.73. The van der Waals surface area contributed by atoms with E-state index in [2.05, 4.69) is 10.6 Å². The van der Waals surface area contributed by atoms with Gasteiger partial charge in [-0.3, -0.25) is 9.00 Å². The zero-order chi connectivity index (χ0) is 16.9. The van der Waals surface area contributed by atoms with E-state index in [0.29, 0.717) is 23.1 Å². The summed E-state index contributed by atoms with van der Waals surface area (Å²) in [7, 11) is 0.630. The Kier molecular flexibility index (Phi) is 8.67. The summed E-state index contributed by atoms with van der Waals surface area (Å²) < 4.78 is 16.7. The Balaban J connectivity index is 0.00000288. The number of benzene rings is 1. The van der Waals surface area contributed by atoms with Gasteiger partial charge < -0.3 is 15.4 Å². The fraction of sp³-hybridized carbons (Fsp3) is 0.562. The maximum absolute atomic E-state index is 12.8. The van der Waals surface area contributed by atoms with Crippen molar-refractivity contribution in [2.24, 2.45) is 5.41 Å². The maximum atomic E-state index is 12.8. The average molecular weight is 395 g/mol. The summed E-state index contributed by atoms with van der Waals surface area (Å²) in [5.41, 5.74) is 0.943. The lowest BCUT2D eigenvalue weighted by molar-refractivity contribution is -0.130. The Labute approximate surface area is 156 Å². The van der Waals surface area contributed by atoms with Crippen molar-refractivity contribution in [1.29, 1.82) is 0 Å². The molecular weight excluding hydrogens is 371 g/mol. The topological polar surface area (TPSA) is 67.4 Å². The van der Waals surface area contributed by atoms with Gasteiger partial charge in [0.15, 0.2) is 0 Å². The molecule has 1 aromatic carbocycles. The molecule has 1 aliphatic rings. The van der Waals surface area contributed by atoms with Crippen LogP contribution in [-0.2, 0) is 26.1 Å². The first-order valence-corrected chi connectivity index (χ1v) is 9.67. The van der Waals surface area contributed by atoms with Crippen molar-refractivity contribution in [3.63, 3.8) is 0 Å². The second-order valence-corrected chi connectivity index (χ2v) is 7.78. The van der Waals surface area contributed by atoms with Gasteiger partial charge in [-0.05, 0) is 49.7 Å². The van der Waals surface area contributed by atoms with Crippen molar-refractivity contribution in [3.8, 4) is 0 Å². The van der Waals surface area contributed by atoms with Crippen molar-refractivity contribution >= 4 is 46.4 Å². The van der Waals surface area contributed by atoms with E-state index in [9.17, 15) is 9.00 Å². The van der Waals surface area contributed by atoms with Crippen LogP contribution in [0.1, 0.15) is 18.4 Å². The number of anilines is 1. The minimum absolute atomic E-state index is 0. The van der Waals surface area contributed by atoms with Gasteiger partial charge in [0.2, 0.25) is 5.91 Å². The maximum Gasteiger partial charge on any atom is 0.233 e. The monoisotopic (exact) mass is 394 g/mol. The molecule has 1 aromatic rings. The summed E-state index contributed by atoms with van der Waals surface area (Å²) in [6.45, 7) is 2.01. The van der Waals surface area contributed by atoms with E-state index in [1.165, 1.54) is 0 Å². The summed E-state index contributed by atoms with van der Waals surface area (Å²) in [4.78, 5) is 12.8. The molecule has 1 fully saturated rings. The molecule has 2 N–H and O–H groups in total. The molecule has 0 aromatic heterocycles. The lowest BCUT2D eigenvalue weighted by atomic mass is 9.78. The van der Waals surface area contributed by atoms with Crippen molar-refractivity contribution in [3.05, 3.63) is 28.8 Å². The zero-order valence-electron chi connectivity index (χ0n) is 13.9. The van der Waals surface area contributed by atoms with Crippen molar-refractivity contribution in [1.82, 2.24) is 5.32 Å². The van der Waals surface area contributed by atoms with Gasteiger partial charge in [-0.2, -0.15) is 0 Å². The van der Waals surface area contributed by atoms with Crippen molar-refractivity contribution in [2.75, 3.05) is 38.4 Å². The van der Waals surface area contributed by atoms with Crippen LogP contribution in [0.3, 0.4) is 0 Å². The highest BCUT2D eigenvalue weighted by Crippen LogP contribution is 2.31. The van der Waals surface area contributed by atoms with Gasteiger partial charge in [0.05, 0.1) is 12.0 Å². The number of methoxy groups -OCH3 is 1. The number of halogens is 2. The number of amides is 1. The Hall–Kier alpha value is -0.660. The van der Waals surface area contributed by atoms with Crippen LogP contribution in [0.2, 0.25) is 5.02 Å². The van der Waals surface area contributed by atoms with Gasteiger partial charge in [0.25, 0.3) is 0 Å². The first-order valence-electron chi connectivity index (χ1n) is 7.56. The molecule has 1 heterocycles. The summed E-state index contributed by atoms with van der Waals surface area (Å²) in [5, 5.41) is 6.80. The van der Waals surface area contributed by atoms with E-state index >= 15 is 0 Å². The number of hydrogen-bond donors (Lipinski definition) is 2. The molecule has 0 radical (unpaired) electrons. The average Bonchev–Trinajstić information content (AvgIpc) is 2.51. The van der Waals surface area contributed by atoms with E-state index < -0.39 is 16.2 Å². The number of carbonyl (C=O) groups excluding carboxylic acids is 1. The highest BCUT2D eigenvalue weighted by molar-refractivity contribution is 7.83. The molecule has 5 nitrogen and oxygen atoms in total. The first kappa shape index (κ1) is 21.4. The molecule has 1 saturated heterocycles. The van der Waals surface area contributed by atoms with Gasteiger partial charge in [0, 0.05) is 40.6 Å². The minimum atomic E-state index is -0.989. The molecule has 24 heavy (non-hydrogen) atoms. The second-order valence-electron chi connectivity index (χ2n) is 5.94. The Morgan fingerprint density at radius 1 is 1.42 bits per heavy atom. The molecule has 2 rings (SSSR count). The normalized spacial score (nSPS) is 17.6. The predicted molar refractivity (Wildman–Crippen MR) is 102 cm³/mol. The van der Waals surface area contributed by atoms with Gasteiger partial charge in [0.1, 0.15) is 0 Å². The fourth-order valence-electron chi connectivity index (χ4n) is 2.86. The Morgan fingerprint density at radius 3 is 2.67 bits per heavy atom. The molecule has 1 atom stereocenters. The lowest BCUT2D eigenvalue weighted by Gasteiger charge is -2.35. The van der Waals surface area contributed by atoms with Gasteiger partial charge in [-0.15, -0.1) is 12.4 Å². The molecule has 1 amide bonds. The SMILES string of the molecule is COCC1(C(=O)Nc2ccc(Cl)c(CS(C)=O)c2)CCNCC1.Cl. The van der Waals surface area contributed by atoms with E-state index in [1.807, 2.05) is 0 Å². The van der Waals surface area contributed by atoms with Crippen LogP contribution in [0, 0.1) is 5.41 Å². The number of carbonyl (C=O) groups is 1. The smallest absolute Gasteiger partial charge is 0.233 e. The highest BCUT2D eigenvalue weighted by atomic mass is 35.5. The van der Waals surface area contributed by atoms with Crippen LogP contribution in [0.5, 0.6) is 0 Å². The summed E-state index contributed by atoms with van der Waals surface area (Å²) >= 11 is 6.13. The van der Waals surface area contributed by atoms with Gasteiger partial charge >= 0.3 is 0 Å². The van der Waals surface area contributed by atoms with Gasteiger partial charge in [-0.25, -0.2) is 0 Å². The molecule has 0 aliphatic carbocycles. The third kappa shape index (κ3) is 5.43. The third-order valence-corrected chi connectivity index (χ3v) is 5.21. The van der Waals surface area contributed by atoms with E-state index in [0.717, 1.165) is 31.5 Å². The summed E-state index contributed by atoms with van der Waals surface area (Å²) in [5.74, 6) is 0.335. The van der Waals surface area contributed by atoms with Crippen molar-refractivity contribution < 1.29 is 13.7 Å². The molecule has 0 spiro atoms. The predicted octanol–water partition coefficient (Wildman–Crippen LogP) is 2.60. The number of nitrogens with one attached hydrogen (secondary N) is 2. The fourth-order valence-corrected chi connectivity index (χ4v) is 3.80. The number of rotatable bonds is 6. The molecule has 0 saturated carbocycles. The standard InChI is InChI=1S/C16H23ClN2O3S.ClH/c1-22-11-16(5-7-18-8-6-16)15(20)19-13-3-4-14(17)12(9-13)10-23(2)21;/h3-4,9,18H,5-8,10-11H2,1-2H3,(H,19,20);1H. The van der Waals surface area contributed by atoms with Crippen LogP contribution in [0.25, 0.3) is 0 Å². The van der Waals surface area contributed by atoms with Crippen molar-refractivity contribution in [2.45, 2.75) is 18.6 Å². The number of ether oxygens (including phenoxy) is 1. The first-order chi connectivity index (χ1) is 11.0. The summed E-state index contributed by atoms with van der Waals surface area (Å²) in [6, 6.07) is 5.29. The highest BCUT2D eigenvalue weighted by Gasteiger charge is 2.39. The Morgan fingerprint density at radius 2 is 2.08 bits per heavy atom. The quantitative estimate of drug-likeness (QED) is 0.777. The van der Waals surface area contributed by atoms with Crippen LogP contribution in [-0.4, -0.2) is 43.2 Å². The van der Waals surface area contributed by atoms with Crippen LogP contribution >= 0.6 is 24.0 Å². The molecule has 8 heteroatoms. The third-order valence-electron chi connectivity index (χ3n) is 4.13. The van der Waals surface area contributed by atoms with E-state index in [4.69, 9.17) is 16.3 Å². The molecule has 1 aliphatic heterocycles.